The quantitative estimate of drug-likeness (QED) is 0.767. The van der Waals surface area contributed by atoms with Crippen LogP contribution in [0.3, 0.4) is 0 Å². The van der Waals surface area contributed by atoms with Gasteiger partial charge in [0.25, 0.3) is 0 Å². The molecule has 0 bridgehead atoms. The van der Waals surface area contributed by atoms with Gasteiger partial charge in [0, 0.05) is 17.0 Å². The van der Waals surface area contributed by atoms with Crippen LogP contribution in [-0.4, -0.2) is 16.2 Å². The lowest BCUT2D eigenvalue weighted by molar-refractivity contribution is 0.0698. The van der Waals surface area contributed by atoms with Gasteiger partial charge in [0.05, 0.1) is 6.26 Å². The standard InChI is InChI=1S/C16H12O5/c17-11-3-1-4-12(7-11)20-8-10-9-21-15-13(10)5-2-6-14(15)16(18)19/h1-7,9,17H,8H2,(H,18,19). The van der Waals surface area contributed by atoms with Crippen molar-refractivity contribution in [1.82, 2.24) is 0 Å². The number of phenols is 1. The third kappa shape index (κ3) is 2.53. The molecule has 0 saturated heterocycles. The number of hydrogen-bond acceptors (Lipinski definition) is 4. The summed E-state index contributed by atoms with van der Waals surface area (Å²) in [7, 11) is 0. The van der Waals surface area contributed by atoms with Crippen LogP contribution >= 0.6 is 0 Å². The highest BCUT2D eigenvalue weighted by atomic mass is 16.5. The first-order valence-electron chi connectivity index (χ1n) is 6.29. The molecule has 2 N–H and O–H groups in total. The Kier molecular flexibility index (Phi) is 3.23. The van der Waals surface area contributed by atoms with Gasteiger partial charge >= 0.3 is 5.97 Å². The van der Waals surface area contributed by atoms with E-state index in [4.69, 9.17) is 14.3 Å². The molecule has 5 heteroatoms. The van der Waals surface area contributed by atoms with Crippen molar-refractivity contribution in [2.24, 2.45) is 0 Å². The Bertz CT molecular complexity index is 803. The Morgan fingerprint density at radius 3 is 2.76 bits per heavy atom. The normalized spacial score (nSPS) is 10.7. The molecule has 21 heavy (non-hydrogen) atoms. The molecule has 0 unspecified atom stereocenters. The first-order valence-corrected chi connectivity index (χ1v) is 6.29. The van der Waals surface area contributed by atoms with Crippen LogP contribution in [0.2, 0.25) is 0 Å². The SMILES string of the molecule is O=C(O)c1cccc2c(COc3cccc(O)c3)coc12. The number of aromatic carboxylic acids is 1. The first-order chi connectivity index (χ1) is 10.1. The van der Waals surface area contributed by atoms with Crippen LogP contribution in [0.4, 0.5) is 0 Å². The van der Waals surface area contributed by atoms with Gasteiger partial charge < -0.3 is 19.4 Å². The Morgan fingerprint density at radius 1 is 1.19 bits per heavy atom. The maximum absolute atomic E-state index is 11.1. The summed E-state index contributed by atoms with van der Waals surface area (Å²) in [5.41, 5.74) is 1.20. The summed E-state index contributed by atoms with van der Waals surface area (Å²) >= 11 is 0. The molecule has 0 aliphatic carbocycles. The number of aromatic hydroxyl groups is 1. The number of para-hydroxylation sites is 1. The van der Waals surface area contributed by atoms with Crippen LogP contribution in [-0.2, 0) is 6.61 Å². The van der Waals surface area contributed by atoms with Crippen molar-refractivity contribution in [1.29, 1.82) is 0 Å². The summed E-state index contributed by atoms with van der Waals surface area (Å²) in [4.78, 5) is 11.1. The van der Waals surface area contributed by atoms with E-state index in [1.54, 1.807) is 30.3 Å². The van der Waals surface area contributed by atoms with Crippen molar-refractivity contribution in [3.8, 4) is 11.5 Å². The molecule has 0 aliphatic rings. The molecule has 0 fully saturated rings. The van der Waals surface area contributed by atoms with Gasteiger partial charge in [-0.25, -0.2) is 4.79 Å². The zero-order chi connectivity index (χ0) is 14.8. The van der Waals surface area contributed by atoms with Crippen LogP contribution in [0.15, 0.2) is 53.1 Å². The molecule has 0 atom stereocenters. The number of ether oxygens (including phenoxy) is 1. The van der Waals surface area contributed by atoms with E-state index >= 15 is 0 Å². The van der Waals surface area contributed by atoms with Crippen LogP contribution in [0.25, 0.3) is 11.0 Å². The molecule has 5 nitrogen and oxygen atoms in total. The van der Waals surface area contributed by atoms with Crippen molar-refractivity contribution in [2.45, 2.75) is 6.61 Å². The zero-order valence-electron chi connectivity index (χ0n) is 10.9. The molecule has 0 spiro atoms. The van der Waals surface area contributed by atoms with Gasteiger partial charge in [-0.15, -0.1) is 0 Å². The minimum Gasteiger partial charge on any atom is -0.508 e. The Hall–Kier alpha value is -2.95. The number of hydrogen-bond donors (Lipinski definition) is 2. The predicted octanol–water partition coefficient (Wildman–Crippen LogP) is 3.42. The average Bonchev–Trinajstić information content (AvgIpc) is 2.88. The van der Waals surface area contributed by atoms with Gasteiger partial charge in [-0.1, -0.05) is 18.2 Å². The minimum absolute atomic E-state index is 0.121. The summed E-state index contributed by atoms with van der Waals surface area (Å²) in [6.45, 7) is 0.222. The Morgan fingerprint density at radius 2 is 2.00 bits per heavy atom. The van der Waals surface area contributed by atoms with E-state index in [2.05, 4.69) is 0 Å². The van der Waals surface area contributed by atoms with Gasteiger partial charge in [-0.05, 0) is 18.2 Å². The first kappa shape index (κ1) is 13.1. The number of carbonyl (C=O) groups is 1. The summed E-state index contributed by atoms with van der Waals surface area (Å²) in [5.74, 6) is -0.383. The summed E-state index contributed by atoms with van der Waals surface area (Å²) in [5, 5.41) is 19.2. The number of furan rings is 1. The molecule has 0 saturated carbocycles. The fourth-order valence-corrected chi connectivity index (χ4v) is 2.12. The van der Waals surface area contributed by atoms with Gasteiger partial charge in [0.1, 0.15) is 29.3 Å². The van der Waals surface area contributed by atoms with Crippen LogP contribution < -0.4 is 4.74 Å². The fourth-order valence-electron chi connectivity index (χ4n) is 2.12. The van der Waals surface area contributed by atoms with E-state index in [1.165, 1.54) is 18.4 Å². The molecular formula is C16H12O5. The van der Waals surface area contributed by atoms with Gasteiger partial charge in [0.2, 0.25) is 0 Å². The van der Waals surface area contributed by atoms with Crippen molar-refractivity contribution < 1.29 is 24.2 Å². The van der Waals surface area contributed by atoms with Crippen molar-refractivity contribution in [2.75, 3.05) is 0 Å². The van der Waals surface area contributed by atoms with Crippen molar-refractivity contribution in [3.63, 3.8) is 0 Å². The smallest absolute Gasteiger partial charge is 0.339 e. The number of rotatable bonds is 4. The van der Waals surface area contributed by atoms with Crippen molar-refractivity contribution in [3.05, 3.63) is 59.9 Å². The van der Waals surface area contributed by atoms with E-state index in [0.29, 0.717) is 16.7 Å². The Balaban J connectivity index is 1.88. The lowest BCUT2D eigenvalue weighted by atomic mass is 10.1. The van der Waals surface area contributed by atoms with E-state index in [9.17, 15) is 9.90 Å². The lowest BCUT2D eigenvalue weighted by Gasteiger charge is -2.05. The number of carboxylic acid groups (broad SMARTS) is 1. The maximum Gasteiger partial charge on any atom is 0.339 e. The molecule has 1 aromatic heterocycles. The predicted molar refractivity (Wildman–Crippen MR) is 75.6 cm³/mol. The molecule has 1 heterocycles. The summed E-state index contributed by atoms with van der Waals surface area (Å²) < 4.78 is 10.9. The molecule has 3 aromatic rings. The summed E-state index contributed by atoms with van der Waals surface area (Å²) in [6.07, 6.45) is 1.49. The second-order valence-electron chi connectivity index (χ2n) is 4.53. The molecular weight excluding hydrogens is 272 g/mol. The topological polar surface area (TPSA) is 79.9 Å². The highest BCUT2D eigenvalue weighted by molar-refractivity contribution is 6.01. The largest absolute Gasteiger partial charge is 0.508 e. The highest BCUT2D eigenvalue weighted by Gasteiger charge is 2.14. The third-order valence-corrected chi connectivity index (χ3v) is 3.12. The Labute approximate surface area is 120 Å². The average molecular weight is 284 g/mol. The van der Waals surface area contributed by atoms with E-state index in [0.717, 1.165) is 5.56 Å². The molecule has 3 rings (SSSR count). The zero-order valence-corrected chi connectivity index (χ0v) is 10.9. The third-order valence-electron chi connectivity index (χ3n) is 3.12. The van der Waals surface area contributed by atoms with E-state index in [1.807, 2.05) is 0 Å². The van der Waals surface area contributed by atoms with E-state index < -0.39 is 5.97 Å². The highest BCUT2D eigenvalue weighted by Crippen LogP contribution is 2.26. The van der Waals surface area contributed by atoms with E-state index in [-0.39, 0.29) is 17.9 Å². The fraction of sp³-hybridized carbons (Fsp3) is 0.0625. The molecule has 0 amide bonds. The lowest BCUT2D eigenvalue weighted by Crippen LogP contribution is -1.97. The molecule has 0 aliphatic heterocycles. The van der Waals surface area contributed by atoms with Crippen LogP contribution in [0, 0.1) is 0 Å². The number of benzene rings is 2. The van der Waals surface area contributed by atoms with Gasteiger partial charge in [-0.3, -0.25) is 0 Å². The summed E-state index contributed by atoms with van der Waals surface area (Å²) in [6, 6.07) is 11.4. The molecule has 106 valence electrons. The molecule has 0 radical (unpaired) electrons. The number of carboxylic acids is 1. The monoisotopic (exact) mass is 284 g/mol. The maximum atomic E-state index is 11.1. The second kappa shape index (κ2) is 5.20. The van der Waals surface area contributed by atoms with Crippen molar-refractivity contribution >= 4 is 16.9 Å². The number of phenolic OH excluding ortho intramolecular Hbond substituents is 1. The van der Waals surface area contributed by atoms with Gasteiger partial charge in [-0.2, -0.15) is 0 Å². The second-order valence-corrected chi connectivity index (χ2v) is 4.53. The minimum atomic E-state index is -1.03. The molecule has 2 aromatic carbocycles. The number of fused-ring (bicyclic) bond motifs is 1. The van der Waals surface area contributed by atoms with Crippen LogP contribution in [0.5, 0.6) is 11.5 Å². The van der Waals surface area contributed by atoms with Crippen LogP contribution in [0.1, 0.15) is 15.9 Å². The van der Waals surface area contributed by atoms with Gasteiger partial charge in [0.15, 0.2) is 0 Å².